The minimum Gasteiger partial charge on any atom is -0.492 e. The monoisotopic (exact) mass is 533 g/mol. The summed E-state index contributed by atoms with van der Waals surface area (Å²) in [6.45, 7) is 7.50. The summed E-state index contributed by atoms with van der Waals surface area (Å²) >= 11 is 0. The van der Waals surface area contributed by atoms with E-state index in [1.807, 2.05) is 38.1 Å². The van der Waals surface area contributed by atoms with Crippen molar-refractivity contribution in [1.29, 1.82) is 0 Å². The first-order chi connectivity index (χ1) is 18.4. The lowest BCUT2D eigenvalue weighted by atomic mass is 9.90. The molecule has 39 heavy (non-hydrogen) atoms. The molecule has 0 radical (unpaired) electrons. The summed E-state index contributed by atoms with van der Waals surface area (Å²) in [5.74, 6) is -0.218. The second kappa shape index (κ2) is 9.91. The summed E-state index contributed by atoms with van der Waals surface area (Å²) in [5.41, 5.74) is 10.4. The highest BCUT2D eigenvalue weighted by Gasteiger charge is 2.33. The van der Waals surface area contributed by atoms with Crippen LogP contribution in [0.15, 0.2) is 42.5 Å². The molecule has 3 N–H and O–H groups in total. The van der Waals surface area contributed by atoms with Crippen molar-refractivity contribution in [1.82, 2.24) is 0 Å². The van der Waals surface area contributed by atoms with Gasteiger partial charge >= 0.3 is 5.97 Å². The van der Waals surface area contributed by atoms with E-state index in [0.717, 1.165) is 33.4 Å². The van der Waals surface area contributed by atoms with Crippen LogP contribution in [-0.2, 0) is 16.0 Å². The lowest BCUT2D eigenvalue weighted by Crippen LogP contribution is -2.43. The van der Waals surface area contributed by atoms with Crippen LogP contribution in [0.2, 0.25) is 0 Å². The highest BCUT2D eigenvalue weighted by Crippen LogP contribution is 2.45. The van der Waals surface area contributed by atoms with Gasteiger partial charge in [-0.2, -0.15) is 0 Å². The molecule has 1 heterocycles. The third kappa shape index (κ3) is 5.03. The molecule has 2 aliphatic rings. The maximum atomic E-state index is 15.2. The fourth-order valence-electron chi connectivity index (χ4n) is 5.65. The van der Waals surface area contributed by atoms with Crippen molar-refractivity contribution in [3.63, 3.8) is 0 Å². The van der Waals surface area contributed by atoms with Crippen LogP contribution >= 0.6 is 0 Å². The highest BCUT2D eigenvalue weighted by molar-refractivity contribution is 5.83. The van der Waals surface area contributed by atoms with Gasteiger partial charge in [-0.25, -0.2) is 4.39 Å². The second-order valence-corrected chi connectivity index (χ2v) is 10.8. The van der Waals surface area contributed by atoms with E-state index in [1.165, 1.54) is 6.07 Å². The molecule has 0 fully saturated rings. The molecule has 0 saturated heterocycles. The maximum absolute atomic E-state index is 15.2. The number of ether oxygens (including phenoxy) is 3. The predicted octanol–water partition coefficient (Wildman–Crippen LogP) is 5.77. The molecule has 7 nitrogen and oxygen atoms in total. The Hall–Kier alpha value is -4.07. The van der Waals surface area contributed by atoms with Gasteiger partial charge in [0.05, 0.1) is 13.0 Å². The normalized spacial score (nSPS) is 17.8. The zero-order chi connectivity index (χ0) is 28.1. The number of hydrogen-bond acceptors (Lipinski definition) is 5. The highest BCUT2D eigenvalue weighted by atomic mass is 19.1. The summed E-state index contributed by atoms with van der Waals surface area (Å²) in [7, 11) is 0. The SMILES string of the molecule is Cc1cc(OC(C)(C)C(N)=O)cc(C)c1-c1ccc(F)c2c1CC[C@H]2Oc1ccc2c(c1)OC[C@H]2CC(=O)O. The first-order valence-electron chi connectivity index (χ1n) is 13.0. The fourth-order valence-corrected chi connectivity index (χ4v) is 5.65. The van der Waals surface area contributed by atoms with Crippen molar-refractivity contribution in [3.8, 4) is 28.4 Å². The summed E-state index contributed by atoms with van der Waals surface area (Å²) < 4.78 is 33.1. The number of carboxylic acids is 1. The number of carbonyl (C=O) groups excluding carboxylic acids is 1. The van der Waals surface area contributed by atoms with Crippen molar-refractivity contribution in [2.24, 2.45) is 5.73 Å². The molecule has 0 unspecified atom stereocenters. The van der Waals surface area contributed by atoms with Gasteiger partial charge in [-0.1, -0.05) is 12.1 Å². The Morgan fingerprint density at radius 1 is 1.10 bits per heavy atom. The zero-order valence-electron chi connectivity index (χ0n) is 22.5. The van der Waals surface area contributed by atoms with Crippen LogP contribution < -0.4 is 19.9 Å². The first kappa shape index (κ1) is 26.5. The van der Waals surface area contributed by atoms with Gasteiger partial charge in [-0.15, -0.1) is 0 Å². The summed E-state index contributed by atoms with van der Waals surface area (Å²) in [6.07, 6.45) is 0.816. The number of rotatable bonds is 8. The van der Waals surface area contributed by atoms with Gasteiger partial charge in [-0.05, 0) is 92.6 Å². The van der Waals surface area contributed by atoms with E-state index < -0.39 is 23.6 Å². The van der Waals surface area contributed by atoms with Crippen LogP contribution in [0.3, 0.4) is 0 Å². The lowest BCUT2D eigenvalue weighted by molar-refractivity contribution is -0.137. The molecule has 8 heteroatoms. The molecular formula is C31H32FNO6. The third-order valence-electron chi connectivity index (χ3n) is 7.59. The molecule has 0 spiro atoms. The average molecular weight is 534 g/mol. The minimum absolute atomic E-state index is 0.00599. The molecule has 5 rings (SSSR count). The number of carboxylic acid groups (broad SMARTS) is 1. The Morgan fingerprint density at radius 3 is 2.49 bits per heavy atom. The van der Waals surface area contributed by atoms with E-state index in [4.69, 9.17) is 25.1 Å². The molecule has 0 bridgehead atoms. The van der Waals surface area contributed by atoms with Gasteiger partial charge in [0.15, 0.2) is 5.60 Å². The van der Waals surface area contributed by atoms with Crippen LogP contribution in [0.5, 0.6) is 17.2 Å². The number of amides is 1. The second-order valence-electron chi connectivity index (χ2n) is 10.8. The zero-order valence-corrected chi connectivity index (χ0v) is 22.5. The topological polar surface area (TPSA) is 108 Å². The first-order valence-corrected chi connectivity index (χ1v) is 13.0. The molecule has 1 aliphatic heterocycles. The number of primary amides is 1. The molecule has 2 atom stereocenters. The van der Waals surface area contributed by atoms with E-state index in [2.05, 4.69) is 0 Å². The van der Waals surface area contributed by atoms with Gasteiger partial charge in [0.25, 0.3) is 5.91 Å². The molecule has 204 valence electrons. The lowest BCUT2D eigenvalue weighted by Gasteiger charge is -2.24. The van der Waals surface area contributed by atoms with Gasteiger partial charge in [-0.3, -0.25) is 9.59 Å². The van der Waals surface area contributed by atoms with Crippen molar-refractivity contribution < 1.29 is 33.3 Å². The quantitative estimate of drug-likeness (QED) is 0.381. The number of fused-ring (bicyclic) bond motifs is 2. The Labute approximate surface area is 226 Å². The Balaban J connectivity index is 1.43. The Bertz CT molecular complexity index is 1460. The van der Waals surface area contributed by atoms with E-state index in [-0.39, 0.29) is 18.2 Å². The molecule has 3 aromatic carbocycles. The van der Waals surface area contributed by atoms with Crippen LogP contribution in [0, 0.1) is 19.7 Å². The Kier molecular flexibility index (Phi) is 6.74. The van der Waals surface area contributed by atoms with Gasteiger partial charge in [0.2, 0.25) is 0 Å². The van der Waals surface area contributed by atoms with Gasteiger partial charge in [0, 0.05) is 23.1 Å². The standard InChI is InChI=1S/C31H32FNO6/c1-16-11-20(39-31(3,4)30(33)36)12-17(2)28(16)22-7-9-24(32)29-23(22)8-10-25(29)38-19-5-6-21-18(13-27(34)35)15-37-26(21)14-19/h5-7,9,11-12,14,18,25H,8,10,13,15H2,1-4H3,(H2,33,36)(H,34,35)/t18-,25-/m1/s1. The van der Waals surface area contributed by atoms with Crippen molar-refractivity contribution >= 4 is 11.9 Å². The maximum Gasteiger partial charge on any atom is 0.304 e. The number of halogens is 1. The van der Waals surface area contributed by atoms with Crippen LogP contribution in [0.4, 0.5) is 4.39 Å². The van der Waals surface area contributed by atoms with Crippen molar-refractivity contribution in [2.45, 2.75) is 64.6 Å². The van der Waals surface area contributed by atoms with Gasteiger partial charge < -0.3 is 25.1 Å². The number of nitrogens with two attached hydrogens (primary N) is 1. The van der Waals surface area contributed by atoms with Crippen LogP contribution in [0.1, 0.15) is 66.5 Å². The van der Waals surface area contributed by atoms with E-state index >= 15 is 4.39 Å². The van der Waals surface area contributed by atoms with Crippen molar-refractivity contribution in [3.05, 3.63) is 76.1 Å². The largest absolute Gasteiger partial charge is 0.492 e. The van der Waals surface area contributed by atoms with Crippen molar-refractivity contribution in [2.75, 3.05) is 6.61 Å². The number of benzene rings is 3. The summed E-state index contributed by atoms with van der Waals surface area (Å²) in [5, 5.41) is 9.14. The number of aliphatic carboxylic acids is 1. The average Bonchev–Trinajstić information content (AvgIpc) is 3.44. The molecule has 1 aliphatic carbocycles. The molecule has 0 saturated carbocycles. The number of hydrogen-bond donors (Lipinski definition) is 2. The van der Waals surface area contributed by atoms with Crippen LogP contribution in [0.25, 0.3) is 11.1 Å². The molecule has 3 aromatic rings. The van der Waals surface area contributed by atoms with Crippen LogP contribution in [-0.4, -0.2) is 29.2 Å². The fraction of sp³-hybridized carbons (Fsp3) is 0.355. The third-order valence-corrected chi connectivity index (χ3v) is 7.59. The summed E-state index contributed by atoms with van der Waals surface area (Å²) in [4.78, 5) is 22.9. The molecular weight excluding hydrogens is 501 g/mol. The minimum atomic E-state index is -1.15. The van der Waals surface area contributed by atoms with Gasteiger partial charge in [0.1, 0.15) is 29.2 Å². The molecule has 1 amide bonds. The smallest absolute Gasteiger partial charge is 0.304 e. The van der Waals surface area contributed by atoms with E-state index in [1.54, 1.807) is 26.0 Å². The predicted molar refractivity (Wildman–Crippen MR) is 144 cm³/mol. The van der Waals surface area contributed by atoms with E-state index in [9.17, 15) is 9.59 Å². The Morgan fingerprint density at radius 2 is 1.82 bits per heavy atom. The molecule has 0 aromatic heterocycles. The number of aryl methyl sites for hydroxylation is 2. The summed E-state index contributed by atoms with van der Waals surface area (Å²) in [6, 6.07) is 12.4. The van der Waals surface area contributed by atoms with E-state index in [0.29, 0.717) is 42.3 Å². The number of carbonyl (C=O) groups is 2.